The predicted octanol–water partition coefficient (Wildman–Crippen LogP) is 2.06. The summed E-state index contributed by atoms with van der Waals surface area (Å²) in [4.78, 5) is 20.7. The van der Waals surface area contributed by atoms with Crippen molar-refractivity contribution in [3.63, 3.8) is 0 Å². The third-order valence-corrected chi connectivity index (χ3v) is 5.83. The van der Waals surface area contributed by atoms with Crippen LogP contribution >= 0.6 is 0 Å². The van der Waals surface area contributed by atoms with Gasteiger partial charge in [0, 0.05) is 58.1 Å². The molecule has 2 aliphatic heterocycles. The van der Waals surface area contributed by atoms with E-state index in [9.17, 15) is 4.79 Å². The molecule has 6 nitrogen and oxygen atoms in total. The van der Waals surface area contributed by atoms with Gasteiger partial charge in [0.2, 0.25) is 5.91 Å². The van der Waals surface area contributed by atoms with Gasteiger partial charge in [-0.3, -0.25) is 9.69 Å². The van der Waals surface area contributed by atoms with Gasteiger partial charge in [0.15, 0.2) is 0 Å². The molecule has 1 aromatic heterocycles. The summed E-state index contributed by atoms with van der Waals surface area (Å²) in [5.74, 6) is 1.92. The molecular formula is C19H32N4O2. The van der Waals surface area contributed by atoms with Crippen molar-refractivity contribution < 1.29 is 9.53 Å². The Hall–Kier alpha value is -1.40. The molecule has 3 rings (SSSR count). The summed E-state index contributed by atoms with van der Waals surface area (Å²) in [6.07, 6.45) is 6.74. The van der Waals surface area contributed by atoms with Gasteiger partial charge in [0.05, 0.1) is 0 Å². The van der Waals surface area contributed by atoms with Gasteiger partial charge in [0.1, 0.15) is 12.4 Å². The number of piperidine rings is 2. The van der Waals surface area contributed by atoms with Gasteiger partial charge in [-0.25, -0.2) is 4.98 Å². The molecule has 2 saturated heterocycles. The van der Waals surface area contributed by atoms with Crippen LogP contribution in [-0.2, 0) is 22.7 Å². The normalized spacial score (nSPS) is 23.2. The molecule has 2 aliphatic rings. The molecule has 0 spiro atoms. The maximum Gasteiger partial charge on any atom is 0.219 e. The van der Waals surface area contributed by atoms with Crippen molar-refractivity contribution in [2.24, 2.45) is 5.92 Å². The van der Waals surface area contributed by atoms with Crippen LogP contribution in [0.2, 0.25) is 0 Å². The molecule has 0 radical (unpaired) electrons. The van der Waals surface area contributed by atoms with Crippen LogP contribution in [0.1, 0.15) is 44.1 Å². The number of ether oxygens (including phenoxy) is 1. The number of carbonyl (C=O) groups is 1. The van der Waals surface area contributed by atoms with E-state index in [1.165, 1.54) is 25.1 Å². The van der Waals surface area contributed by atoms with Crippen LogP contribution < -0.4 is 0 Å². The molecule has 1 amide bonds. The number of nitrogens with zero attached hydrogens (tertiary/aromatic N) is 4. The SMILES string of the molecule is COCc1ncc(C)n1CC1CCCN(C2CCN(C(C)=O)CC2)C1. The first-order valence-electron chi connectivity index (χ1n) is 9.58. The van der Waals surface area contributed by atoms with Crippen LogP contribution in [0.4, 0.5) is 0 Å². The Bertz CT molecular complexity index is 578. The average Bonchev–Trinajstić information content (AvgIpc) is 2.96. The van der Waals surface area contributed by atoms with Crippen LogP contribution in [0.3, 0.4) is 0 Å². The number of hydrogen-bond donors (Lipinski definition) is 0. The fourth-order valence-corrected chi connectivity index (χ4v) is 4.39. The lowest BCUT2D eigenvalue weighted by molar-refractivity contribution is -0.130. The molecule has 0 saturated carbocycles. The topological polar surface area (TPSA) is 50.6 Å². The quantitative estimate of drug-likeness (QED) is 0.817. The minimum Gasteiger partial charge on any atom is -0.377 e. The Balaban J connectivity index is 1.57. The van der Waals surface area contributed by atoms with Gasteiger partial charge >= 0.3 is 0 Å². The highest BCUT2D eigenvalue weighted by Crippen LogP contribution is 2.25. The first-order chi connectivity index (χ1) is 12.1. The Kier molecular flexibility index (Phi) is 6.12. The number of methoxy groups -OCH3 is 1. The summed E-state index contributed by atoms with van der Waals surface area (Å²) in [5, 5.41) is 0. The monoisotopic (exact) mass is 348 g/mol. The molecule has 1 atom stereocenters. The molecule has 1 aromatic rings. The highest BCUT2D eigenvalue weighted by Gasteiger charge is 2.30. The fraction of sp³-hybridized carbons (Fsp3) is 0.789. The van der Waals surface area contributed by atoms with E-state index in [-0.39, 0.29) is 5.91 Å². The number of likely N-dealkylation sites (tertiary alicyclic amines) is 2. The lowest BCUT2D eigenvalue weighted by atomic mass is 9.93. The number of aryl methyl sites for hydroxylation is 1. The molecule has 0 aromatic carbocycles. The van der Waals surface area contributed by atoms with Crippen molar-refractivity contribution in [3.05, 3.63) is 17.7 Å². The standard InChI is InChI=1S/C19H32N4O2/c1-15-11-20-19(14-25-3)23(15)13-17-5-4-8-22(12-17)18-6-9-21(10-7-18)16(2)24/h11,17-18H,4-10,12-14H2,1-3H3. The van der Waals surface area contributed by atoms with Gasteiger partial charge in [-0.2, -0.15) is 0 Å². The van der Waals surface area contributed by atoms with E-state index >= 15 is 0 Å². The average molecular weight is 348 g/mol. The van der Waals surface area contributed by atoms with Crippen molar-refractivity contribution in [1.29, 1.82) is 0 Å². The van der Waals surface area contributed by atoms with E-state index in [1.807, 2.05) is 11.1 Å². The Morgan fingerprint density at radius 2 is 2.04 bits per heavy atom. The van der Waals surface area contributed by atoms with Crippen LogP contribution in [0.25, 0.3) is 0 Å². The highest BCUT2D eigenvalue weighted by atomic mass is 16.5. The maximum absolute atomic E-state index is 11.5. The Morgan fingerprint density at radius 3 is 2.72 bits per heavy atom. The van der Waals surface area contributed by atoms with E-state index in [0.29, 0.717) is 18.6 Å². The molecule has 25 heavy (non-hydrogen) atoms. The predicted molar refractivity (Wildman–Crippen MR) is 97.3 cm³/mol. The van der Waals surface area contributed by atoms with Gasteiger partial charge < -0.3 is 14.2 Å². The molecule has 140 valence electrons. The second-order valence-corrected chi connectivity index (χ2v) is 7.60. The summed E-state index contributed by atoms with van der Waals surface area (Å²) < 4.78 is 7.62. The number of imidazole rings is 1. The molecule has 2 fully saturated rings. The van der Waals surface area contributed by atoms with Crippen LogP contribution in [-0.4, -0.2) is 64.6 Å². The first kappa shape index (κ1) is 18.4. The highest BCUT2D eigenvalue weighted by molar-refractivity contribution is 5.73. The fourth-order valence-electron chi connectivity index (χ4n) is 4.39. The van der Waals surface area contributed by atoms with E-state index in [2.05, 4.69) is 21.4 Å². The number of rotatable bonds is 5. The van der Waals surface area contributed by atoms with Gasteiger partial charge in [-0.05, 0) is 45.1 Å². The second kappa shape index (κ2) is 8.32. The maximum atomic E-state index is 11.5. The molecule has 0 aliphatic carbocycles. The largest absolute Gasteiger partial charge is 0.377 e. The van der Waals surface area contributed by atoms with Gasteiger partial charge in [0.25, 0.3) is 0 Å². The van der Waals surface area contributed by atoms with E-state index in [1.54, 1.807) is 14.0 Å². The molecule has 6 heteroatoms. The lowest BCUT2D eigenvalue weighted by Crippen LogP contribution is -2.49. The Morgan fingerprint density at radius 1 is 1.28 bits per heavy atom. The van der Waals surface area contributed by atoms with Crippen LogP contribution in [0.15, 0.2) is 6.20 Å². The minimum absolute atomic E-state index is 0.219. The molecule has 0 bridgehead atoms. The number of hydrogen-bond acceptors (Lipinski definition) is 4. The third-order valence-electron chi connectivity index (χ3n) is 5.83. The van der Waals surface area contributed by atoms with E-state index in [4.69, 9.17) is 4.74 Å². The van der Waals surface area contributed by atoms with E-state index in [0.717, 1.165) is 44.8 Å². The minimum atomic E-state index is 0.219. The summed E-state index contributed by atoms with van der Waals surface area (Å²) in [7, 11) is 1.73. The number of carbonyl (C=O) groups excluding carboxylic acids is 1. The van der Waals surface area contributed by atoms with Crippen LogP contribution in [0, 0.1) is 12.8 Å². The summed E-state index contributed by atoms with van der Waals surface area (Å²) >= 11 is 0. The zero-order valence-corrected chi connectivity index (χ0v) is 15.9. The van der Waals surface area contributed by atoms with Gasteiger partial charge in [-0.1, -0.05) is 0 Å². The Labute approximate surface area is 151 Å². The molecule has 0 N–H and O–H groups in total. The van der Waals surface area contributed by atoms with Gasteiger partial charge in [-0.15, -0.1) is 0 Å². The van der Waals surface area contributed by atoms with Crippen molar-refractivity contribution in [1.82, 2.24) is 19.4 Å². The van der Waals surface area contributed by atoms with Crippen molar-refractivity contribution >= 4 is 5.91 Å². The second-order valence-electron chi connectivity index (χ2n) is 7.60. The summed E-state index contributed by atoms with van der Waals surface area (Å²) in [6.45, 7) is 9.62. The van der Waals surface area contributed by atoms with Crippen molar-refractivity contribution in [3.8, 4) is 0 Å². The number of aromatic nitrogens is 2. The summed E-state index contributed by atoms with van der Waals surface area (Å²) in [5.41, 5.74) is 1.22. The van der Waals surface area contributed by atoms with Crippen molar-refractivity contribution in [2.75, 3.05) is 33.3 Å². The zero-order valence-electron chi connectivity index (χ0n) is 15.9. The molecular weight excluding hydrogens is 316 g/mol. The molecule has 3 heterocycles. The number of amides is 1. The van der Waals surface area contributed by atoms with E-state index < -0.39 is 0 Å². The van der Waals surface area contributed by atoms with Crippen LogP contribution in [0.5, 0.6) is 0 Å². The lowest BCUT2D eigenvalue weighted by Gasteiger charge is -2.42. The van der Waals surface area contributed by atoms with Crippen molar-refractivity contribution in [2.45, 2.75) is 58.7 Å². The summed E-state index contributed by atoms with van der Waals surface area (Å²) in [6, 6.07) is 0.640. The zero-order chi connectivity index (χ0) is 17.8. The smallest absolute Gasteiger partial charge is 0.219 e. The third kappa shape index (κ3) is 4.42. The first-order valence-corrected chi connectivity index (χ1v) is 9.58. The molecule has 1 unspecified atom stereocenters.